The number of primary amides is 1. The third-order valence-electron chi connectivity index (χ3n) is 4.07. The SMILES string of the molecule is NCC(c1ccccc1F)N1CCC(CC(N)=O)CC1. The quantitative estimate of drug-likeness (QED) is 0.856. The van der Waals surface area contributed by atoms with Gasteiger partial charge in [0.1, 0.15) is 5.82 Å². The standard InChI is InChI=1S/C15H22FN3O/c16-13-4-2-1-3-12(13)14(10-17)19-7-5-11(6-8-19)9-15(18)20/h1-4,11,14H,5-10,17H2,(H2,18,20). The molecule has 1 heterocycles. The maximum Gasteiger partial charge on any atom is 0.217 e. The van der Waals surface area contributed by atoms with Crippen LogP contribution in [0, 0.1) is 11.7 Å². The molecule has 0 aliphatic carbocycles. The van der Waals surface area contributed by atoms with Gasteiger partial charge in [-0.1, -0.05) is 18.2 Å². The molecule has 1 aliphatic heterocycles. The Morgan fingerprint density at radius 3 is 2.55 bits per heavy atom. The number of rotatable bonds is 5. The largest absolute Gasteiger partial charge is 0.370 e. The molecule has 4 nitrogen and oxygen atoms in total. The molecule has 1 unspecified atom stereocenters. The smallest absolute Gasteiger partial charge is 0.217 e. The minimum Gasteiger partial charge on any atom is -0.370 e. The van der Waals surface area contributed by atoms with Gasteiger partial charge >= 0.3 is 0 Å². The van der Waals surface area contributed by atoms with E-state index in [1.54, 1.807) is 12.1 Å². The molecule has 2 rings (SSSR count). The van der Waals surface area contributed by atoms with E-state index in [1.165, 1.54) is 6.07 Å². The maximum absolute atomic E-state index is 13.9. The summed E-state index contributed by atoms with van der Waals surface area (Å²) < 4.78 is 13.9. The number of amides is 1. The number of hydrogen-bond donors (Lipinski definition) is 2. The summed E-state index contributed by atoms with van der Waals surface area (Å²) in [4.78, 5) is 13.1. The van der Waals surface area contributed by atoms with E-state index < -0.39 is 0 Å². The molecule has 20 heavy (non-hydrogen) atoms. The fourth-order valence-electron chi connectivity index (χ4n) is 2.97. The Hall–Kier alpha value is -1.46. The van der Waals surface area contributed by atoms with Crippen molar-refractivity contribution in [1.29, 1.82) is 0 Å². The lowest BCUT2D eigenvalue weighted by Gasteiger charge is -2.37. The summed E-state index contributed by atoms with van der Waals surface area (Å²) in [5.74, 6) is -0.0991. The van der Waals surface area contributed by atoms with E-state index in [4.69, 9.17) is 11.5 Å². The lowest BCUT2D eigenvalue weighted by Crippen LogP contribution is -2.40. The van der Waals surface area contributed by atoms with Crippen LogP contribution < -0.4 is 11.5 Å². The van der Waals surface area contributed by atoms with E-state index in [0.29, 0.717) is 24.4 Å². The summed E-state index contributed by atoms with van der Waals surface area (Å²) in [5.41, 5.74) is 11.7. The Kier molecular flexibility index (Phi) is 5.09. The first-order valence-electron chi connectivity index (χ1n) is 7.08. The highest BCUT2D eigenvalue weighted by atomic mass is 19.1. The molecule has 4 N–H and O–H groups in total. The van der Waals surface area contributed by atoms with E-state index >= 15 is 0 Å². The summed E-state index contributed by atoms with van der Waals surface area (Å²) >= 11 is 0. The first-order chi connectivity index (χ1) is 9.61. The summed E-state index contributed by atoms with van der Waals surface area (Å²) in [6.07, 6.45) is 2.27. The molecular weight excluding hydrogens is 257 g/mol. The lowest BCUT2D eigenvalue weighted by atomic mass is 9.91. The zero-order valence-electron chi connectivity index (χ0n) is 11.6. The molecule has 0 spiro atoms. The van der Waals surface area contributed by atoms with Crippen LogP contribution in [0.2, 0.25) is 0 Å². The molecule has 1 aliphatic rings. The van der Waals surface area contributed by atoms with Gasteiger partial charge < -0.3 is 11.5 Å². The van der Waals surface area contributed by atoms with Crippen LogP contribution in [0.15, 0.2) is 24.3 Å². The predicted molar refractivity (Wildman–Crippen MR) is 76.3 cm³/mol. The summed E-state index contributed by atoms with van der Waals surface area (Å²) in [7, 11) is 0. The summed E-state index contributed by atoms with van der Waals surface area (Å²) in [6, 6.07) is 6.69. The van der Waals surface area contributed by atoms with Crippen molar-refractivity contribution in [3.8, 4) is 0 Å². The summed E-state index contributed by atoms with van der Waals surface area (Å²) in [5, 5.41) is 0. The van der Waals surface area contributed by atoms with Crippen LogP contribution >= 0.6 is 0 Å². The molecule has 1 aromatic carbocycles. The van der Waals surface area contributed by atoms with Crippen molar-refractivity contribution in [3.05, 3.63) is 35.6 Å². The van der Waals surface area contributed by atoms with Gasteiger partial charge in [-0.3, -0.25) is 9.69 Å². The number of nitrogens with zero attached hydrogens (tertiary/aromatic N) is 1. The van der Waals surface area contributed by atoms with Crippen molar-refractivity contribution in [2.24, 2.45) is 17.4 Å². The minimum absolute atomic E-state index is 0.0919. The Bertz CT molecular complexity index is 458. The number of hydrogen-bond acceptors (Lipinski definition) is 3. The van der Waals surface area contributed by atoms with Gasteiger partial charge in [-0.2, -0.15) is 0 Å². The highest BCUT2D eigenvalue weighted by molar-refractivity contribution is 5.73. The van der Waals surface area contributed by atoms with Crippen LogP contribution in [-0.4, -0.2) is 30.4 Å². The van der Waals surface area contributed by atoms with E-state index in [0.717, 1.165) is 25.9 Å². The molecule has 110 valence electrons. The van der Waals surface area contributed by atoms with Crippen LogP contribution in [0.4, 0.5) is 4.39 Å². The zero-order chi connectivity index (χ0) is 14.5. The number of benzene rings is 1. The number of piperidine rings is 1. The van der Waals surface area contributed by atoms with Gasteiger partial charge in [0, 0.05) is 24.6 Å². The first-order valence-corrected chi connectivity index (χ1v) is 7.08. The van der Waals surface area contributed by atoms with Crippen molar-refractivity contribution in [2.75, 3.05) is 19.6 Å². The van der Waals surface area contributed by atoms with Gasteiger partial charge in [0.2, 0.25) is 5.91 Å². The third kappa shape index (κ3) is 3.55. The second-order valence-electron chi connectivity index (χ2n) is 5.42. The number of carbonyl (C=O) groups excluding carboxylic acids is 1. The van der Waals surface area contributed by atoms with Crippen molar-refractivity contribution in [2.45, 2.75) is 25.3 Å². The van der Waals surface area contributed by atoms with Crippen molar-refractivity contribution >= 4 is 5.91 Å². The van der Waals surface area contributed by atoms with Crippen molar-refractivity contribution in [1.82, 2.24) is 4.90 Å². The molecule has 0 bridgehead atoms. The summed E-state index contributed by atoms with van der Waals surface area (Å²) in [6.45, 7) is 2.05. The third-order valence-corrected chi connectivity index (χ3v) is 4.07. The van der Waals surface area contributed by atoms with Crippen LogP contribution in [0.3, 0.4) is 0 Å². The molecule has 1 aromatic rings. The highest BCUT2D eigenvalue weighted by Crippen LogP contribution is 2.28. The lowest BCUT2D eigenvalue weighted by molar-refractivity contribution is -0.119. The van der Waals surface area contributed by atoms with Crippen molar-refractivity contribution in [3.63, 3.8) is 0 Å². The number of halogens is 1. The van der Waals surface area contributed by atoms with Crippen LogP contribution in [0.5, 0.6) is 0 Å². The topological polar surface area (TPSA) is 72.3 Å². The van der Waals surface area contributed by atoms with Crippen LogP contribution in [-0.2, 0) is 4.79 Å². The van der Waals surface area contributed by atoms with E-state index in [2.05, 4.69) is 4.90 Å². The second kappa shape index (κ2) is 6.81. The predicted octanol–water partition coefficient (Wildman–Crippen LogP) is 1.41. The Balaban J connectivity index is 2.01. The average Bonchev–Trinajstić information content (AvgIpc) is 2.43. The van der Waals surface area contributed by atoms with Gasteiger partial charge in [-0.25, -0.2) is 4.39 Å². The molecule has 1 amide bonds. The maximum atomic E-state index is 13.9. The van der Waals surface area contributed by atoms with Gasteiger partial charge in [-0.15, -0.1) is 0 Å². The van der Waals surface area contributed by atoms with Crippen LogP contribution in [0.1, 0.15) is 30.9 Å². The molecule has 1 atom stereocenters. The molecule has 0 aromatic heterocycles. The van der Waals surface area contributed by atoms with Gasteiger partial charge in [0.25, 0.3) is 0 Å². The number of nitrogens with two attached hydrogens (primary N) is 2. The molecule has 1 fully saturated rings. The first kappa shape index (κ1) is 14.9. The van der Waals surface area contributed by atoms with E-state index in [-0.39, 0.29) is 17.8 Å². The normalized spacial score (nSPS) is 18.9. The van der Waals surface area contributed by atoms with Gasteiger partial charge in [0.05, 0.1) is 0 Å². The van der Waals surface area contributed by atoms with Crippen molar-refractivity contribution < 1.29 is 9.18 Å². The molecule has 5 heteroatoms. The van der Waals surface area contributed by atoms with E-state index in [1.807, 2.05) is 6.07 Å². The van der Waals surface area contributed by atoms with Gasteiger partial charge in [0.15, 0.2) is 0 Å². The Labute approximate surface area is 118 Å². The van der Waals surface area contributed by atoms with Gasteiger partial charge in [-0.05, 0) is 37.9 Å². The monoisotopic (exact) mass is 279 g/mol. The molecule has 1 saturated heterocycles. The number of carbonyl (C=O) groups is 1. The fraction of sp³-hybridized carbons (Fsp3) is 0.533. The Morgan fingerprint density at radius 1 is 1.35 bits per heavy atom. The highest BCUT2D eigenvalue weighted by Gasteiger charge is 2.27. The minimum atomic E-state index is -0.243. The van der Waals surface area contributed by atoms with E-state index in [9.17, 15) is 9.18 Å². The molecular formula is C15H22FN3O. The second-order valence-corrected chi connectivity index (χ2v) is 5.42. The molecule has 0 saturated carbocycles. The van der Waals surface area contributed by atoms with Crippen LogP contribution in [0.25, 0.3) is 0 Å². The zero-order valence-corrected chi connectivity index (χ0v) is 11.6. The fourth-order valence-corrected chi connectivity index (χ4v) is 2.97. The average molecular weight is 279 g/mol. The molecule has 0 radical (unpaired) electrons. The number of likely N-dealkylation sites (tertiary alicyclic amines) is 1. The Morgan fingerprint density at radius 2 is 2.00 bits per heavy atom.